The highest BCUT2D eigenvalue weighted by Gasteiger charge is 2.11. The molecule has 0 aliphatic carbocycles. The van der Waals surface area contributed by atoms with Gasteiger partial charge in [-0.25, -0.2) is 9.97 Å². The second-order valence-corrected chi connectivity index (χ2v) is 5.30. The molecule has 2 rings (SSSR count). The van der Waals surface area contributed by atoms with Crippen LogP contribution >= 0.6 is 15.9 Å². The lowest BCUT2D eigenvalue weighted by molar-refractivity contribution is 0.354. The van der Waals surface area contributed by atoms with E-state index in [1.807, 2.05) is 25.1 Å². The third-order valence-electron chi connectivity index (χ3n) is 3.14. The molecule has 0 saturated heterocycles. The van der Waals surface area contributed by atoms with Crippen LogP contribution in [-0.4, -0.2) is 24.2 Å². The number of nitrogens with two attached hydrogens (primary N) is 1. The van der Waals surface area contributed by atoms with Gasteiger partial charge < -0.3 is 15.2 Å². The first-order valence-electron chi connectivity index (χ1n) is 6.60. The zero-order valence-electron chi connectivity index (χ0n) is 12.3. The van der Waals surface area contributed by atoms with E-state index in [9.17, 15) is 0 Å². The number of nitrogens with zero attached hydrogens (tertiary/aromatic N) is 2. The van der Waals surface area contributed by atoms with E-state index in [0.717, 1.165) is 22.2 Å². The van der Waals surface area contributed by atoms with Gasteiger partial charge in [-0.15, -0.1) is 0 Å². The average Bonchev–Trinajstić information content (AvgIpc) is 2.50. The smallest absolute Gasteiger partial charge is 0.161 e. The monoisotopic (exact) mass is 351 g/mol. The average molecular weight is 352 g/mol. The molecule has 0 atom stereocenters. The summed E-state index contributed by atoms with van der Waals surface area (Å²) in [5.41, 5.74) is 7.86. The number of rotatable bonds is 5. The molecule has 2 aromatic rings. The predicted octanol–water partition coefficient (Wildman–Crippen LogP) is 2.99. The molecular formula is C15H18BrN3O2. The van der Waals surface area contributed by atoms with Gasteiger partial charge in [0.05, 0.1) is 24.4 Å². The summed E-state index contributed by atoms with van der Waals surface area (Å²) in [4.78, 5) is 8.86. The molecule has 0 aliphatic heterocycles. The topological polar surface area (TPSA) is 70.3 Å². The molecule has 0 amide bonds. The highest BCUT2D eigenvalue weighted by Crippen LogP contribution is 2.28. The summed E-state index contributed by atoms with van der Waals surface area (Å²) in [6.45, 7) is 2.03. The van der Waals surface area contributed by atoms with Gasteiger partial charge >= 0.3 is 0 Å². The van der Waals surface area contributed by atoms with E-state index in [4.69, 9.17) is 15.2 Å². The van der Waals surface area contributed by atoms with E-state index in [-0.39, 0.29) is 0 Å². The van der Waals surface area contributed by atoms with Crippen LogP contribution in [0.4, 0.5) is 5.82 Å². The van der Waals surface area contributed by atoms with Crippen molar-refractivity contribution in [2.45, 2.75) is 19.8 Å². The number of nitrogen functional groups attached to an aromatic ring is 1. The fourth-order valence-electron chi connectivity index (χ4n) is 2.05. The summed E-state index contributed by atoms with van der Waals surface area (Å²) in [6.07, 6.45) is 1.39. The van der Waals surface area contributed by atoms with Gasteiger partial charge in [0.1, 0.15) is 11.6 Å². The zero-order chi connectivity index (χ0) is 15.4. The summed E-state index contributed by atoms with van der Waals surface area (Å²) in [7, 11) is 3.23. The van der Waals surface area contributed by atoms with Crippen LogP contribution in [0.25, 0.3) is 0 Å². The number of benzene rings is 1. The molecule has 0 radical (unpaired) electrons. The maximum absolute atomic E-state index is 5.91. The third kappa shape index (κ3) is 3.44. The van der Waals surface area contributed by atoms with E-state index in [1.54, 1.807) is 14.2 Å². The zero-order valence-corrected chi connectivity index (χ0v) is 13.9. The van der Waals surface area contributed by atoms with Crippen molar-refractivity contribution in [1.29, 1.82) is 0 Å². The Morgan fingerprint density at radius 1 is 1.14 bits per heavy atom. The van der Waals surface area contributed by atoms with Crippen LogP contribution in [-0.2, 0) is 12.8 Å². The Morgan fingerprint density at radius 3 is 2.48 bits per heavy atom. The second kappa shape index (κ2) is 6.76. The molecule has 0 bridgehead atoms. The van der Waals surface area contributed by atoms with Gasteiger partial charge in [-0.3, -0.25) is 0 Å². The van der Waals surface area contributed by atoms with Crippen LogP contribution in [0.3, 0.4) is 0 Å². The minimum atomic E-state index is 0.470. The summed E-state index contributed by atoms with van der Waals surface area (Å²) in [5, 5.41) is 0. The summed E-state index contributed by atoms with van der Waals surface area (Å²) < 4.78 is 11.3. The minimum Gasteiger partial charge on any atom is -0.493 e. The molecule has 2 N–H and O–H groups in total. The standard InChI is InChI=1S/C15H18BrN3O2/c1-4-10-14(16)15(17)19-13(18-10)8-9-5-6-11(20-2)12(7-9)21-3/h5-7H,4,8H2,1-3H3,(H2,17,18,19). The van der Waals surface area contributed by atoms with Crippen molar-refractivity contribution >= 4 is 21.7 Å². The first-order chi connectivity index (χ1) is 10.1. The van der Waals surface area contributed by atoms with Gasteiger partial charge in [-0.1, -0.05) is 13.0 Å². The highest BCUT2D eigenvalue weighted by atomic mass is 79.9. The predicted molar refractivity (Wildman–Crippen MR) is 85.9 cm³/mol. The molecule has 0 unspecified atom stereocenters. The molecule has 21 heavy (non-hydrogen) atoms. The van der Waals surface area contributed by atoms with Crippen molar-refractivity contribution in [2.75, 3.05) is 20.0 Å². The van der Waals surface area contributed by atoms with Gasteiger partial charge in [-0.2, -0.15) is 0 Å². The quantitative estimate of drug-likeness (QED) is 0.896. The molecule has 1 aromatic heterocycles. The van der Waals surface area contributed by atoms with Crippen LogP contribution in [0.15, 0.2) is 22.7 Å². The fourth-order valence-corrected chi connectivity index (χ4v) is 2.51. The maximum Gasteiger partial charge on any atom is 0.161 e. The summed E-state index contributed by atoms with van der Waals surface area (Å²) >= 11 is 3.42. The lowest BCUT2D eigenvalue weighted by Crippen LogP contribution is -2.05. The highest BCUT2D eigenvalue weighted by molar-refractivity contribution is 9.10. The number of hydrogen-bond acceptors (Lipinski definition) is 5. The molecule has 0 spiro atoms. The first kappa shape index (κ1) is 15.6. The Hall–Kier alpha value is -1.82. The second-order valence-electron chi connectivity index (χ2n) is 4.51. The van der Waals surface area contributed by atoms with Crippen LogP contribution in [0, 0.1) is 0 Å². The lowest BCUT2D eigenvalue weighted by Gasteiger charge is -2.10. The maximum atomic E-state index is 5.91. The normalized spacial score (nSPS) is 10.5. The lowest BCUT2D eigenvalue weighted by atomic mass is 10.1. The van der Waals surface area contributed by atoms with E-state index in [2.05, 4.69) is 25.9 Å². The Morgan fingerprint density at radius 2 is 1.86 bits per heavy atom. The summed E-state index contributed by atoms with van der Waals surface area (Å²) in [5.74, 6) is 2.56. The Labute approximate surface area is 132 Å². The number of aromatic nitrogens is 2. The molecule has 5 nitrogen and oxygen atoms in total. The fraction of sp³-hybridized carbons (Fsp3) is 0.333. The van der Waals surface area contributed by atoms with E-state index in [0.29, 0.717) is 29.6 Å². The molecule has 1 heterocycles. The molecule has 1 aromatic carbocycles. The van der Waals surface area contributed by atoms with Gasteiger partial charge in [0, 0.05) is 6.42 Å². The molecule has 0 fully saturated rings. The van der Waals surface area contributed by atoms with E-state index in [1.165, 1.54) is 0 Å². The van der Waals surface area contributed by atoms with E-state index >= 15 is 0 Å². The van der Waals surface area contributed by atoms with Crippen molar-refractivity contribution in [3.63, 3.8) is 0 Å². The van der Waals surface area contributed by atoms with Crippen LogP contribution in [0.2, 0.25) is 0 Å². The summed E-state index contributed by atoms with van der Waals surface area (Å²) in [6, 6.07) is 5.76. The number of anilines is 1. The van der Waals surface area contributed by atoms with Gasteiger partial charge in [0.25, 0.3) is 0 Å². The molecular weight excluding hydrogens is 334 g/mol. The molecule has 0 saturated carbocycles. The Balaban J connectivity index is 2.32. The third-order valence-corrected chi connectivity index (χ3v) is 4.00. The molecule has 112 valence electrons. The SMILES string of the molecule is CCc1nc(Cc2ccc(OC)c(OC)c2)nc(N)c1Br. The number of hydrogen-bond donors (Lipinski definition) is 1. The number of halogens is 1. The van der Waals surface area contributed by atoms with Crippen molar-refractivity contribution in [3.05, 3.63) is 39.8 Å². The van der Waals surface area contributed by atoms with Gasteiger partial charge in [0.15, 0.2) is 11.5 Å². The van der Waals surface area contributed by atoms with Crippen molar-refractivity contribution < 1.29 is 9.47 Å². The largest absolute Gasteiger partial charge is 0.493 e. The number of methoxy groups -OCH3 is 2. The van der Waals surface area contributed by atoms with Crippen LogP contribution in [0.1, 0.15) is 24.0 Å². The van der Waals surface area contributed by atoms with Crippen LogP contribution < -0.4 is 15.2 Å². The number of ether oxygens (including phenoxy) is 2. The van der Waals surface area contributed by atoms with Crippen molar-refractivity contribution in [1.82, 2.24) is 9.97 Å². The minimum absolute atomic E-state index is 0.470. The number of aryl methyl sites for hydroxylation is 1. The Bertz CT molecular complexity index is 647. The molecule has 6 heteroatoms. The Kier molecular flexibility index (Phi) is 5.01. The first-order valence-corrected chi connectivity index (χ1v) is 7.40. The van der Waals surface area contributed by atoms with Gasteiger partial charge in [-0.05, 0) is 40.0 Å². The van der Waals surface area contributed by atoms with Crippen LogP contribution in [0.5, 0.6) is 11.5 Å². The van der Waals surface area contributed by atoms with Crippen molar-refractivity contribution in [2.24, 2.45) is 0 Å². The van der Waals surface area contributed by atoms with E-state index < -0.39 is 0 Å². The molecule has 0 aliphatic rings. The van der Waals surface area contributed by atoms with Gasteiger partial charge in [0.2, 0.25) is 0 Å². The van der Waals surface area contributed by atoms with Crippen molar-refractivity contribution in [3.8, 4) is 11.5 Å².